The Morgan fingerprint density at radius 2 is 1.40 bits per heavy atom. The Labute approximate surface area is 306 Å². The van der Waals surface area contributed by atoms with Crippen LogP contribution in [0.2, 0.25) is 0 Å². The second kappa shape index (κ2) is 15.4. The van der Waals surface area contributed by atoms with Crippen LogP contribution in [0.3, 0.4) is 0 Å². The topological polar surface area (TPSA) is 160 Å². The number of amides is 1. The molecule has 11 nitrogen and oxygen atoms in total. The minimum Gasteiger partial charge on any atom is -0.748 e. The predicted molar refractivity (Wildman–Crippen MR) is 158 cm³/mol. The summed E-state index contributed by atoms with van der Waals surface area (Å²) in [5.41, 5.74) is 3.11. The Kier molecular flexibility index (Phi) is 12.6. The fourth-order valence-electron chi connectivity index (χ4n) is 4.65. The minimum absolute atomic E-state index is 0. The van der Waals surface area contributed by atoms with Crippen LogP contribution < -0.4 is 64.1 Å². The smallest absolute Gasteiger partial charge is 0.748 e. The third kappa shape index (κ3) is 8.83. The van der Waals surface area contributed by atoms with Gasteiger partial charge < -0.3 is 18.7 Å². The number of ether oxygens (including phenoxy) is 1. The largest absolute Gasteiger partial charge is 1.00 e. The van der Waals surface area contributed by atoms with E-state index in [0.29, 0.717) is 23.1 Å². The molecule has 2 aliphatic rings. The third-order valence-corrected chi connectivity index (χ3v) is 8.28. The first-order valence-corrected chi connectivity index (χ1v) is 16.0. The van der Waals surface area contributed by atoms with Gasteiger partial charge in [0.1, 0.15) is 10.1 Å². The maximum absolute atomic E-state index is 13.3. The van der Waals surface area contributed by atoms with Gasteiger partial charge in [-0.05, 0) is 49.8 Å². The molecule has 0 unspecified atom stereocenters. The van der Waals surface area contributed by atoms with Crippen LogP contribution in [0.1, 0.15) is 24.5 Å². The van der Waals surface area contributed by atoms with E-state index in [1.54, 1.807) is 17.9 Å². The van der Waals surface area contributed by atoms with Crippen molar-refractivity contribution in [1.29, 1.82) is 0 Å². The number of benzene rings is 3. The zero-order valence-corrected chi connectivity index (χ0v) is 30.4. The number of carbonyl (C=O) groups is 1. The van der Waals surface area contributed by atoms with Crippen molar-refractivity contribution in [3.05, 3.63) is 120 Å². The van der Waals surface area contributed by atoms with Crippen LogP contribution in [0.5, 0.6) is 0 Å². The summed E-state index contributed by atoms with van der Waals surface area (Å²) < 4.78 is 74.3. The summed E-state index contributed by atoms with van der Waals surface area (Å²) in [7, 11) is -9.09. The molecule has 3 aromatic rings. The molecule has 0 atom stereocenters. The summed E-state index contributed by atoms with van der Waals surface area (Å²) in [5, 5.41) is 5.38. The number of nitrogens with zero attached hydrogens (tertiary/aromatic N) is 3. The van der Waals surface area contributed by atoms with Crippen molar-refractivity contribution in [2.75, 3.05) is 17.3 Å². The van der Waals surface area contributed by atoms with Gasteiger partial charge in [-0.1, -0.05) is 60.7 Å². The maximum atomic E-state index is 13.3. The minimum atomic E-state index is -4.65. The van der Waals surface area contributed by atoms with Gasteiger partial charge in [0.2, 0.25) is 5.88 Å². The summed E-state index contributed by atoms with van der Waals surface area (Å²) >= 11 is 0. The molecule has 0 N–H and O–H groups in total. The SMILES string of the molecule is CC1=NN(c2ccc(S(=O)(=O)[O-])cc2)C(=O)/C1=C/C=C1\OC(c2ccccc2)=C(c2ccccc2)N1CCCS(=O)(=O)[O-].[Na+].[Na+]. The first-order chi connectivity index (χ1) is 20.4. The van der Waals surface area contributed by atoms with Gasteiger partial charge in [0.25, 0.3) is 5.91 Å². The molecule has 5 rings (SSSR count). The molecule has 0 spiro atoms. The first kappa shape index (κ1) is 36.9. The van der Waals surface area contributed by atoms with Gasteiger partial charge in [-0.2, -0.15) is 10.1 Å². The molecule has 0 bridgehead atoms. The molecule has 3 aromatic carbocycles. The molecule has 2 heterocycles. The number of hydrazone groups is 1. The molecule has 0 radical (unpaired) electrons. The van der Waals surface area contributed by atoms with Gasteiger partial charge in [0, 0.05) is 23.4 Å². The van der Waals surface area contributed by atoms with Gasteiger partial charge in [-0.3, -0.25) is 4.79 Å². The van der Waals surface area contributed by atoms with Crippen LogP contribution in [0, 0.1) is 0 Å². The molecule has 15 heteroatoms. The monoisotopic (exact) mass is 665 g/mol. The normalized spacial score (nSPS) is 16.9. The number of rotatable bonds is 9. The van der Waals surface area contributed by atoms with Crippen molar-refractivity contribution in [2.45, 2.75) is 18.2 Å². The Bertz CT molecular complexity index is 1900. The Balaban J connectivity index is 0.00000276. The van der Waals surface area contributed by atoms with Gasteiger partial charge in [-0.25, -0.2) is 16.8 Å². The maximum Gasteiger partial charge on any atom is 1.00 e. The molecular formula is C30H25N3Na2O8S2. The average Bonchev–Trinajstić information content (AvgIpc) is 3.47. The zero-order valence-electron chi connectivity index (χ0n) is 24.8. The van der Waals surface area contributed by atoms with Crippen LogP contribution in [0.4, 0.5) is 5.69 Å². The van der Waals surface area contributed by atoms with E-state index in [9.17, 15) is 30.7 Å². The van der Waals surface area contributed by atoms with Gasteiger partial charge in [0.15, 0.2) is 5.76 Å². The number of allylic oxidation sites excluding steroid dienone is 2. The molecule has 0 saturated heterocycles. The molecule has 2 aliphatic heterocycles. The number of hydrogen-bond donors (Lipinski definition) is 0. The summed E-state index contributed by atoms with van der Waals surface area (Å²) in [4.78, 5) is 14.6. The number of carbonyl (C=O) groups excluding carboxylic acids is 1. The quantitative estimate of drug-likeness (QED) is 0.142. The Hall–Kier alpha value is -2.56. The average molecular weight is 666 g/mol. The Morgan fingerprint density at radius 1 is 0.822 bits per heavy atom. The van der Waals surface area contributed by atoms with Crippen molar-refractivity contribution < 1.29 is 94.6 Å². The molecule has 0 saturated carbocycles. The molecular weight excluding hydrogens is 640 g/mol. The van der Waals surface area contributed by atoms with E-state index in [0.717, 1.165) is 28.3 Å². The first-order valence-electron chi connectivity index (χ1n) is 13.0. The third-order valence-electron chi connectivity index (χ3n) is 6.64. The van der Waals surface area contributed by atoms with E-state index in [1.165, 1.54) is 18.2 Å². The Morgan fingerprint density at radius 3 is 1.96 bits per heavy atom. The van der Waals surface area contributed by atoms with Gasteiger partial charge in [-0.15, -0.1) is 0 Å². The second-order valence-corrected chi connectivity index (χ2v) is 12.5. The van der Waals surface area contributed by atoms with E-state index in [-0.39, 0.29) is 83.3 Å². The fraction of sp³-hybridized carbons (Fsp3) is 0.133. The fourth-order valence-corrected chi connectivity index (χ4v) is 5.60. The van der Waals surface area contributed by atoms with Crippen LogP contribution in [0.15, 0.2) is 119 Å². The summed E-state index contributed by atoms with van der Waals surface area (Å²) in [6.07, 6.45) is 3.14. The molecule has 45 heavy (non-hydrogen) atoms. The number of anilines is 1. The van der Waals surface area contributed by atoms with E-state index >= 15 is 0 Å². The van der Waals surface area contributed by atoms with E-state index in [1.807, 2.05) is 60.7 Å². The van der Waals surface area contributed by atoms with Crippen molar-refractivity contribution in [3.63, 3.8) is 0 Å². The van der Waals surface area contributed by atoms with E-state index in [2.05, 4.69) is 5.10 Å². The summed E-state index contributed by atoms with van der Waals surface area (Å²) in [6, 6.07) is 23.5. The van der Waals surface area contributed by atoms with Crippen LogP contribution in [-0.2, 0) is 29.8 Å². The second-order valence-electron chi connectivity index (χ2n) is 9.61. The van der Waals surface area contributed by atoms with E-state index < -0.39 is 36.8 Å². The number of hydrogen-bond acceptors (Lipinski definition) is 10. The van der Waals surface area contributed by atoms with Crippen molar-refractivity contribution in [1.82, 2.24) is 4.90 Å². The van der Waals surface area contributed by atoms with Crippen molar-refractivity contribution >= 4 is 49.0 Å². The molecule has 0 fully saturated rings. The zero-order chi connectivity index (χ0) is 30.8. The molecule has 0 aliphatic carbocycles. The van der Waals surface area contributed by atoms with Gasteiger partial charge >= 0.3 is 59.1 Å². The van der Waals surface area contributed by atoms with Crippen LogP contribution >= 0.6 is 0 Å². The molecule has 0 aromatic heterocycles. The van der Waals surface area contributed by atoms with Crippen molar-refractivity contribution in [2.24, 2.45) is 5.10 Å². The van der Waals surface area contributed by atoms with E-state index in [4.69, 9.17) is 4.74 Å². The van der Waals surface area contributed by atoms with Gasteiger partial charge in [0.05, 0.1) is 37.7 Å². The standard InChI is InChI=1S/C30H27N3O8S2.2Na/c1-21-26(30(34)33(31-21)24-13-15-25(16-14-24)43(38,39)40)17-18-27-32(19-8-20-42(35,36)37)28(22-9-4-2-5-10-22)29(41-27)23-11-6-3-7-12-23;;/h2-7,9-18H,8,19-20H2,1H3,(H,35,36,37)(H,38,39,40);;/q;2*+1/p-2/b26-17+,27-18-;;. The molecule has 222 valence electrons. The predicted octanol–water partition coefficient (Wildman–Crippen LogP) is -2.12. The molecule has 1 amide bonds. The van der Waals surface area contributed by atoms with Crippen LogP contribution in [0.25, 0.3) is 11.5 Å². The summed E-state index contributed by atoms with van der Waals surface area (Å²) in [6.45, 7) is 1.77. The summed E-state index contributed by atoms with van der Waals surface area (Å²) in [5.74, 6) is -0.238. The van der Waals surface area contributed by atoms with Crippen LogP contribution in [-0.4, -0.2) is 54.8 Å². The van der Waals surface area contributed by atoms with Crippen molar-refractivity contribution in [3.8, 4) is 0 Å².